The molecule has 0 saturated carbocycles. The zero-order valence-electron chi connectivity index (χ0n) is 16.2. The zero-order valence-corrected chi connectivity index (χ0v) is 16.2. The Morgan fingerprint density at radius 1 is 1.26 bits per heavy atom. The first-order valence-electron chi connectivity index (χ1n) is 9.80. The van der Waals surface area contributed by atoms with Crippen LogP contribution in [-0.2, 0) is 14.3 Å². The molecule has 1 aromatic carbocycles. The van der Waals surface area contributed by atoms with Crippen molar-refractivity contribution in [2.75, 3.05) is 49.6 Å². The number of fused-ring (bicyclic) bond motifs is 1. The van der Waals surface area contributed by atoms with Gasteiger partial charge in [0.25, 0.3) is 5.91 Å². The molecule has 2 aliphatic heterocycles. The van der Waals surface area contributed by atoms with Gasteiger partial charge in [0.05, 0.1) is 18.9 Å². The lowest BCUT2D eigenvalue weighted by molar-refractivity contribution is -0.125. The molecule has 1 unspecified atom stereocenters. The van der Waals surface area contributed by atoms with E-state index in [-0.39, 0.29) is 11.8 Å². The van der Waals surface area contributed by atoms with Crippen molar-refractivity contribution in [3.63, 3.8) is 0 Å². The van der Waals surface area contributed by atoms with E-state index in [9.17, 15) is 9.59 Å². The monoisotopic (exact) mass is 375 g/mol. The lowest BCUT2D eigenvalue weighted by atomic mass is 10.1. The van der Waals surface area contributed by atoms with Crippen LogP contribution in [0.3, 0.4) is 0 Å². The molecule has 0 bridgehead atoms. The average molecular weight is 375 g/mol. The topological polar surface area (TPSA) is 71.1 Å². The van der Waals surface area contributed by atoms with Crippen molar-refractivity contribution in [1.29, 1.82) is 0 Å². The van der Waals surface area contributed by atoms with Crippen LogP contribution in [-0.4, -0.2) is 62.2 Å². The minimum Gasteiger partial charge on any atom is -0.479 e. The molecule has 2 aliphatic rings. The molecule has 1 atom stereocenters. The van der Waals surface area contributed by atoms with Gasteiger partial charge in [-0.25, -0.2) is 0 Å². The number of hydrogen-bond donors (Lipinski definition) is 1. The second-order valence-corrected chi connectivity index (χ2v) is 7.04. The number of nitrogens with zero attached hydrogens (tertiary/aromatic N) is 2. The number of amides is 2. The van der Waals surface area contributed by atoms with Gasteiger partial charge in [-0.2, -0.15) is 0 Å². The molecule has 7 nitrogen and oxygen atoms in total. The van der Waals surface area contributed by atoms with E-state index in [1.807, 2.05) is 18.2 Å². The van der Waals surface area contributed by atoms with Crippen molar-refractivity contribution < 1.29 is 19.1 Å². The summed E-state index contributed by atoms with van der Waals surface area (Å²) in [7, 11) is 0. The quantitative estimate of drug-likeness (QED) is 0.792. The number of nitrogens with one attached hydrogen (secondary N) is 1. The summed E-state index contributed by atoms with van der Waals surface area (Å²) >= 11 is 0. The number of morpholine rings is 1. The summed E-state index contributed by atoms with van der Waals surface area (Å²) in [4.78, 5) is 28.8. The SMILES string of the molecule is CCCCC(=O)Nc1ccc2c(c1)N(CCN1CCOCC1)C(=O)C(C)O2. The van der Waals surface area contributed by atoms with Crippen LogP contribution < -0.4 is 15.0 Å². The highest BCUT2D eigenvalue weighted by molar-refractivity contribution is 6.01. The molecule has 148 valence electrons. The fourth-order valence-electron chi connectivity index (χ4n) is 3.34. The molecule has 0 aliphatic carbocycles. The summed E-state index contributed by atoms with van der Waals surface area (Å²) in [6.45, 7) is 8.44. The van der Waals surface area contributed by atoms with Crippen LogP contribution in [0.15, 0.2) is 18.2 Å². The highest BCUT2D eigenvalue weighted by atomic mass is 16.5. The van der Waals surface area contributed by atoms with Gasteiger partial charge in [0.1, 0.15) is 5.75 Å². The van der Waals surface area contributed by atoms with E-state index in [4.69, 9.17) is 9.47 Å². The van der Waals surface area contributed by atoms with Crippen LogP contribution in [0.5, 0.6) is 5.75 Å². The summed E-state index contributed by atoms with van der Waals surface area (Å²) in [5.74, 6) is 0.619. The van der Waals surface area contributed by atoms with Gasteiger partial charge in [-0.3, -0.25) is 14.5 Å². The first kappa shape index (κ1) is 19.6. The molecule has 0 radical (unpaired) electrons. The highest BCUT2D eigenvalue weighted by Gasteiger charge is 2.32. The van der Waals surface area contributed by atoms with Gasteiger partial charge < -0.3 is 19.7 Å². The van der Waals surface area contributed by atoms with Crippen LogP contribution >= 0.6 is 0 Å². The van der Waals surface area contributed by atoms with E-state index in [1.165, 1.54) is 0 Å². The molecule has 2 amide bonds. The number of carbonyl (C=O) groups excluding carboxylic acids is 2. The maximum absolute atomic E-state index is 12.7. The molecular weight excluding hydrogens is 346 g/mol. The molecule has 0 spiro atoms. The number of hydrogen-bond acceptors (Lipinski definition) is 5. The third-order valence-corrected chi connectivity index (χ3v) is 4.95. The minimum atomic E-state index is -0.507. The Labute approximate surface area is 160 Å². The van der Waals surface area contributed by atoms with E-state index in [2.05, 4.69) is 17.1 Å². The first-order valence-corrected chi connectivity index (χ1v) is 9.80. The molecule has 3 rings (SSSR count). The van der Waals surface area contributed by atoms with Gasteiger partial charge in [-0.05, 0) is 31.5 Å². The zero-order chi connectivity index (χ0) is 19.2. The van der Waals surface area contributed by atoms with Crippen LogP contribution in [0.25, 0.3) is 0 Å². The Hall–Kier alpha value is -2.12. The standard InChI is InChI=1S/C20H29N3O4/c1-3-4-5-19(24)21-16-6-7-18-17(14-16)23(20(25)15(2)27-18)9-8-22-10-12-26-13-11-22/h6-7,14-15H,3-5,8-13H2,1-2H3,(H,21,24). The van der Waals surface area contributed by atoms with Crippen LogP contribution in [0.1, 0.15) is 33.1 Å². The molecule has 27 heavy (non-hydrogen) atoms. The number of rotatable bonds is 7. The number of carbonyl (C=O) groups is 2. The van der Waals surface area contributed by atoms with Gasteiger partial charge in [0, 0.05) is 38.3 Å². The summed E-state index contributed by atoms with van der Waals surface area (Å²) < 4.78 is 11.1. The number of anilines is 2. The van der Waals surface area contributed by atoms with Crippen molar-refractivity contribution >= 4 is 23.2 Å². The van der Waals surface area contributed by atoms with E-state index < -0.39 is 6.10 Å². The van der Waals surface area contributed by atoms with Gasteiger partial charge >= 0.3 is 0 Å². The third kappa shape index (κ3) is 4.99. The first-order chi connectivity index (χ1) is 13.1. The number of unbranched alkanes of at least 4 members (excludes halogenated alkanes) is 1. The third-order valence-electron chi connectivity index (χ3n) is 4.95. The Morgan fingerprint density at radius 2 is 2.04 bits per heavy atom. The van der Waals surface area contributed by atoms with Gasteiger partial charge in [0.2, 0.25) is 5.91 Å². The summed E-state index contributed by atoms with van der Waals surface area (Å²) in [5.41, 5.74) is 1.41. The Morgan fingerprint density at radius 3 is 2.78 bits per heavy atom. The molecule has 1 fully saturated rings. The normalized spacial score (nSPS) is 20.1. The van der Waals surface area contributed by atoms with Gasteiger partial charge in [-0.1, -0.05) is 13.3 Å². The van der Waals surface area contributed by atoms with E-state index in [1.54, 1.807) is 11.8 Å². The largest absolute Gasteiger partial charge is 0.479 e. The lowest BCUT2D eigenvalue weighted by Crippen LogP contribution is -2.48. The highest BCUT2D eigenvalue weighted by Crippen LogP contribution is 2.36. The lowest BCUT2D eigenvalue weighted by Gasteiger charge is -2.35. The van der Waals surface area contributed by atoms with Crippen molar-refractivity contribution in [2.24, 2.45) is 0 Å². The maximum atomic E-state index is 12.7. The predicted molar refractivity (Wildman–Crippen MR) is 104 cm³/mol. The van der Waals surface area contributed by atoms with Gasteiger partial charge in [-0.15, -0.1) is 0 Å². The molecule has 0 aromatic heterocycles. The van der Waals surface area contributed by atoms with Crippen molar-refractivity contribution in [3.05, 3.63) is 18.2 Å². The Balaban J connectivity index is 1.72. The fraction of sp³-hybridized carbons (Fsp3) is 0.600. The second kappa shape index (κ2) is 9.19. The maximum Gasteiger partial charge on any atom is 0.267 e. The van der Waals surface area contributed by atoms with Crippen molar-refractivity contribution in [2.45, 2.75) is 39.2 Å². The molecule has 1 N–H and O–H groups in total. The number of ether oxygens (including phenoxy) is 2. The molecule has 2 heterocycles. The Kier molecular flexibility index (Phi) is 6.68. The molecule has 1 aromatic rings. The second-order valence-electron chi connectivity index (χ2n) is 7.04. The molecule has 1 saturated heterocycles. The van der Waals surface area contributed by atoms with Crippen LogP contribution in [0.2, 0.25) is 0 Å². The smallest absolute Gasteiger partial charge is 0.267 e. The predicted octanol–water partition coefficient (Wildman–Crippen LogP) is 2.26. The van der Waals surface area contributed by atoms with Crippen LogP contribution in [0, 0.1) is 0 Å². The van der Waals surface area contributed by atoms with E-state index in [0.717, 1.165) is 51.4 Å². The summed E-state index contributed by atoms with van der Waals surface area (Å²) in [5, 5.41) is 2.92. The van der Waals surface area contributed by atoms with E-state index >= 15 is 0 Å². The fourth-order valence-corrected chi connectivity index (χ4v) is 3.34. The van der Waals surface area contributed by atoms with E-state index in [0.29, 0.717) is 24.4 Å². The minimum absolute atomic E-state index is 0.00640. The Bertz CT molecular complexity index is 673. The number of benzene rings is 1. The average Bonchev–Trinajstić information content (AvgIpc) is 2.68. The summed E-state index contributed by atoms with van der Waals surface area (Å²) in [6.07, 6.45) is 1.84. The van der Waals surface area contributed by atoms with Crippen molar-refractivity contribution in [3.8, 4) is 5.75 Å². The molecular formula is C20H29N3O4. The summed E-state index contributed by atoms with van der Waals surface area (Å²) in [6, 6.07) is 5.49. The molecule has 7 heteroatoms. The van der Waals surface area contributed by atoms with Crippen molar-refractivity contribution in [1.82, 2.24) is 4.90 Å². The van der Waals surface area contributed by atoms with Crippen LogP contribution in [0.4, 0.5) is 11.4 Å². The van der Waals surface area contributed by atoms with Gasteiger partial charge in [0.15, 0.2) is 6.10 Å².